The number of nitrogens with one attached hydrogen (secondary N) is 1. The molecule has 0 saturated heterocycles. The number of esters is 2. The molecule has 0 saturated carbocycles. The Kier molecular flexibility index (Phi) is 13.0. The number of hydrogen-bond acceptors (Lipinski definition) is 11. The lowest BCUT2D eigenvalue weighted by atomic mass is 9.69. The fourth-order valence-electron chi connectivity index (χ4n) is 6.96. The molecule has 4 unspecified atom stereocenters. The van der Waals surface area contributed by atoms with Gasteiger partial charge in [0.15, 0.2) is 11.5 Å². The van der Waals surface area contributed by atoms with Crippen LogP contribution in [0.1, 0.15) is 85.3 Å². The third kappa shape index (κ3) is 8.21. The van der Waals surface area contributed by atoms with E-state index in [2.05, 4.69) is 11.4 Å². The first-order chi connectivity index (χ1) is 23.5. The van der Waals surface area contributed by atoms with Crippen molar-refractivity contribution in [2.45, 2.75) is 97.4 Å². The van der Waals surface area contributed by atoms with E-state index in [0.717, 1.165) is 5.56 Å². The smallest absolute Gasteiger partial charge is 0.336 e. The molecule has 0 bridgehead atoms. The number of benzene rings is 2. The molecule has 0 fully saturated rings. The molecular formula is C38H52N4O8. The van der Waals surface area contributed by atoms with Crippen LogP contribution in [0.4, 0.5) is 5.69 Å². The molecule has 3 rings (SSSR count). The van der Waals surface area contributed by atoms with E-state index < -0.39 is 52.0 Å². The summed E-state index contributed by atoms with van der Waals surface area (Å²) in [6, 6.07) is 14.1. The van der Waals surface area contributed by atoms with Gasteiger partial charge in [-0.1, -0.05) is 32.0 Å². The van der Waals surface area contributed by atoms with E-state index >= 15 is 0 Å². The molecule has 0 radical (unpaired) electrons. The van der Waals surface area contributed by atoms with E-state index in [0.29, 0.717) is 42.1 Å². The van der Waals surface area contributed by atoms with Gasteiger partial charge in [0, 0.05) is 30.3 Å². The Morgan fingerprint density at radius 2 is 1.68 bits per heavy atom. The van der Waals surface area contributed by atoms with Crippen LogP contribution in [-0.4, -0.2) is 67.4 Å². The Balaban J connectivity index is 2.13. The predicted molar refractivity (Wildman–Crippen MR) is 190 cm³/mol. The molecule has 50 heavy (non-hydrogen) atoms. The summed E-state index contributed by atoms with van der Waals surface area (Å²) in [5, 5.41) is 26.0. The first-order valence-electron chi connectivity index (χ1n) is 17.0. The van der Waals surface area contributed by atoms with Crippen molar-refractivity contribution in [2.24, 2.45) is 11.8 Å². The van der Waals surface area contributed by atoms with E-state index in [9.17, 15) is 25.0 Å². The summed E-state index contributed by atoms with van der Waals surface area (Å²) >= 11 is 0. The topological polar surface area (TPSA) is 153 Å². The monoisotopic (exact) mass is 692 g/mol. The molecule has 1 N–H and O–H groups in total. The molecule has 272 valence electrons. The summed E-state index contributed by atoms with van der Waals surface area (Å²) in [5.74, 6) is -2.12. The highest BCUT2D eigenvalue weighted by Crippen LogP contribution is 2.47. The van der Waals surface area contributed by atoms with Crippen molar-refractivity contribution in [1.29, 1.82) is 5.26 Å². The average Bonchev–Trinajstić information content (AvgIpc) is 3.05. The second-order valence-corrected chi connectivity index (χ2v) is 13.9. The maximum atomic E-state index is 14.2. The highest BCUT2D eigenvalue weighted by Gasteiger charge is 2.54. The van der Waals surface area contributed by atoms with E-state index in [-0.39, 0.29) is 17.2 Å². The Hall–Kier alpha value is -4.63. The highest BCUT2D eigenvalue weighted by molar-refractivity contribution is 5.94. The highest BCUT2D eigenvalue weighted by atomic mass is 16.6. The molecule has 0 aliphatic carbocycles. The molecule has 2 aromatic carbocycles. The van der Waals surface area contributed by atoms with Crippen molar-refractivity contribution in [3.8, 4) is 17.6 Å². The molecule has 12 heteroatoms. The molecule has 0 amide bonds. The van der Waals surface area contributed by atoms with Crippen molar-refractivity contribution in [3.05, 3.63) is 75.0 Å². The van der Waals surface area contributed by atoms with Crippen LogP contribution >= 0.6 is 0 Å². The van der Waals surface area contributed by atoms with Crippen LogP contribution in [0.3, 0.4) is 0 Å². The largest absolute Gasteiger partial charge is 0.493 e. The fraction of sp³-hybridized carbons (Fsp3) is 0.553. The third-order valence-electron chi connectivity index (χ3n) is 9.64. The standard InChI is InChI=1S/C38H52N4O8/c1-23(2)38(22-39,28-16-17-30(47-10)31(21-28)48-11)18-13-19-41(9)37(8)34(36(44)50-25(5)6)33(27-14-12-15-29(20-27)42(45)46)32(26(7)40-37)35(43)49-24(3)4/h12,14-17,20-21,23-25,33-34,40H,13,18-19H2,1-11H3. The van der Waals surface area contributed by atoms with Gasteiger partial charge in [-0.25, -0.2) is 4.79 Å². The maximum absolute atomic E-state index is 14.2. The summed E-state index contributed by atoms with van der Waals surface area (Å²) in [7, 11) is 5.00. The fourth-order valence-corrected chi connectivity index (χ4v) is 6.96. The minimum atomic E-state index is -1.14. The minimum Gasteiger partial charge on any atom is -0.493 e. The lowest BCUT2D eigenvalue weighted by Gasteiger charge is -2.51. The Bertz CT molecular complexity index is 1630. The number of hydrogen-bond donors (Lipinski definition) is 1. The van der Waals surface area contributed by atoms with Crippen LogP contribution in [0.25, 0.3) is 0 Å². The SMILES string of the molecule is COc1ccc(C(C#N)(CCCN(C)C2(C)NC(C)=C(C(=O)OC(C)C)C(c3cccc([N+](=O)[O-])c3)C2C(=O)OC(C)C)C(C)C)cc1OC. The number of nitro groups is 1. The van der Waals surface area contributed by atoms with Gasteiger partial charge < -0.3 is 24.3 Å². The number of ether oxygens (including phenoxy) is 4. The molecule has 0 aromatic heterocycles. The first kappa shape index (κ1) is 39.8. The van der Waals surface area contributed by atoms with Gasteiger partial charge in [0.05, 0.1) is 48.4 Å². The first-order valence-corrected chi connectivity index (χ1v) is 17.0. The molecule has 2 aromatic rings. The van der Waals surface area contributed by atoms with Crippen LogP contribution in [0, 0.1) is 33.3 Å². The summed E-state index contributed by atoms with van der Waals surface area (Å²) in [6.07, 6.45) is 0.141. The molecule has 12 nitrogen and oxygen atoms in total. The van der Waals surface area contributed by atoms with Crippen molar-refractivity contribution in [2.75, 3.05) is 27.8 Å². The van der Waals surface area contributed by atoms with Crippen molar-refractivity contribution in [3.63, 3.8) is 0 Å². The van der Waals surface area contributed by atoms with Gasteiger partial charge in [-0.2, -0.15) is 5.26 Å². The van der Waals surface area contributed by atoms with Gasteiger partial charge in [0.25, 0.3) is 5.69 Å². The second-order valence-electron chi connectivity index (χ2n) is 13.9. The predicted octanol–water partition coefficient (Wildman–Crippen LogP) is 6.64. The third-order valence-corrected chi connectivity index (χ3v) is 9.64. The second kappa shape index (κ2) is 16.4. The molecule has 1 heterocycles. The number of nitrogens with zero attached hydrogens (tertiary/aromatic N) is 3. The molecule has 1 aliphatic rings. The van der Waals surface area contributed by atoms with Crippen molar-refractivity contribution < 1.29 is 33.5 Å². The normalized spacial score (nSPS) is 20.3. The van der Waals surface area contributed by atoms with E-state index in [1.54, 1.807) is 67.0 Å². The maximum Gasteiger partial charge on any atom is 0.336 e. The Labute approximate surface area is 295 Å². The number of carbonyl (C=O) groups is 2. The summed E-state index contributed by atoms with van der Waals surface area (Å²) in [5.41, 5.74) is -0.249. The molecular weight excluding hydrogens is 640 g/mol. The molecule has 0 spiro atoms. The van der Waals surface area contributed by atoms with Gasteiger partial charge in [0.1, 0.15) is 11.6 Å². The lowest BCUT2D eigenvalue weighted by Crippen LogP contribution is -2.66. The lowest BCUT2D eigenvalue weighted by molar-refractivity contribution is -0.384. The number of allylic oxidation sites excluding steroid dienone is 1. The van der Waals surface area contributed by atoms with Crippen LogP contribution < -0.4 is 14.8 Å². The van der Waals surface area contributed by atoms with Crippen molar-refractivity contribution in [1.82, 2.24) is 10.2 Å². The zero-order valence-corrected chi connectivity index (χ0v) is 31.2. The van der Waals surface area contributed by atoms with E-state index in [1.807, 2.05) is 44.9 Å². The zero-order valence-electron chi connectivity index (χ0n) is 31.2. The van der Waals surface area contributed by atoms with E-state index in [1.165, 1.54) is 12.1 Å². The Morgan fingerprint density at radius 3 is 2.22 bits per heavy atom. The zero-order chi connectivity index (χ0) is 37.6. The van der Waals surface area contributed by atoms with Crippen LogP contribution in [0.5, 0.6) is 11.5 Å². The van der Waals surface area contributed by atoms with E-state index in [4.69, 9.17) is 18.9 Å². The summed E-state index contributed by atoms with van der Waals surface area (Å²) in [6.45, 7) is 15.0. The van der Waals surface area contributed by atoms with Crippen LogP contribution in [0.15, 0.2) is 53.7 Å². The summed E-state index contributed by atoms with van der Waals surface area (Å²) < 4.78 is 22.5. The molecule has 1 aliphatic heterocycles. The van der Waals surface area contributed by atoms with Gasteiger partial charge in [0.2, 0.25) is 0 Å². The quantitative estimate of drug-likeness (QED) is 0.121. The van der Waals surface area contributed by atoms with Gasteiger partial charge in [-0.3, -0.25) is 19.8 Å². The Morgan fingerprint density at radius 1 is 1.04 bits per heavy atom. The number of non-ortho nitro benzene ring substituents is 1. The number of rotatable bonds is 15. The number of methoxy groups -OCH3 is 2. The number of carbonyl (C=O) groups excluding carboxylic acids is 2. The number of nitriles is 1. The number of nitro benzene ring substituents is 1. The average molecular weight is 693 g/mol. The van der Waals surface area contributed by atoms with Gasteiger partial charge in [-0.15, -0.1) is 0 Å². The van der Waals surface area contributed by atoms with Crippen LogP contribution in [-0.2, 0) is 24.5 Å². The summed E-state index contributed by atoms with van der Waals surface area (Å²) in [4.78, 5) is 41.3. The van der Waals surface area contributed by atoms with Gasteiger partial charge in [-0.05, 0) is 90.6 Å². The minimum absolute atomic E-state index is 0.0500. The molecule has 4 atom stereocenters. The van der Waals surface area contributed by atoms with Crippen LogP contribution in [0.2, 0.25) is 0 Å². The van der Waals surface area contributed by atoms with Gasteiger partial charge >= 0.3 is 11.9 Å². The van der Waals surface area contributed by atoms with Crippen molar-refractivity contribution >= 4 is 17.6 Å².